The van der Waals surface area contributed by atoms with Crippen molar-refractivity contribution in [1.82, 2.24) is 0 Å². The molecule has 4 heteroatoms. The van der Waals surface area contributed by atoms with E-state index in [1.54, 1.807) is 36.4 Å². The summed E-state index contributed by atoms with van der Waals surface area (Å²) in [7, 11) is 0. The lowest BCUT2D eigenvalue weighted by Crippen LogP contribution is -1.95. The van der Waals surface area contributed by atoms with Crippen LogP contribution in [0.1, 0.15) is 11.3 Å². The number of rotatable bonds is 2. The van der Waals surface area contributed by atoms with Crippen LogP contribution in [0.15, 0.2) is 45.6 Å². The Morgan fingerprint density at radius 1 is 0.941 bits per heavy atom. The minimum Gasteiger partial charge on any atom is -0.508 e. The molecule has 4 nitrogen and oxygen atoms in total. The maximum atomic E-state index is 11.0. The molecule has 0 spiro atoms. The van der Waals surface area contributed by atoms with Crippen molar-refractivity contribution in [3.05, 3.63) is 58.1 Å². The first kappa shape index (κ1) is 11.0. The molecule has 2 rings (SSSR count). The number of phenols is 1. The maximum Gasteiger partial charge on any atom is 0.339 e. The van der Waals surface area contributed by atoms with E-state index in [-0.39, 0.29) is 17.3 Å². The largest absolute Gasteiger partial charge is 0.508 e. The van der Waals surface area contributed by atoms with Crippen LogP contribution >= 0.6 is 0 Å². The Balaban J connectivity index is 2.25. The molecular weight excluding hydrogens is 220 g/mol. The molecule has 2 N–H and O–H groups in total. The Morgan fingerprint density at radius 2 is 1.65 bits per heavy atom. The predicted molar refractivity (Wildman–Crippen MR) is 63.7 cm³/mol. The van der Waals surface area contributed by atoms with Crippen LogP contribution in [0.3, 0.4) is 0 Å². The molecule has 0 aliphatic heterocycles. The van der Waals surface area contributed by atoms with Gasteiger partial charge in [-0.2, -0.15) is 0 Å². The first-order valence-electron chi connectivity index (χ1n) is 4.95. The zero-order valence-electron chi connectivity index (χ0n) is 8.83. The Hall–Kier alpha value is -2.49. The summed E-state index contributed by atoms with van der Waals surface area (Å²) in [5, 5.41) is 18.3. The molecular formula is C13H10O4. The van der Waals surface area contributed by atoms with E-state index in [0.717, 1.165) is 11.6 Å². The summed E-state index contributed by atoms with van der Waals surface area (Å²) < 4.78 is 4.85. The van der Waals surface area contributed by atoms with E-state index < -0.39 is 5.63 Å². The lowest BCUT2D eigenvalue weighted by Gasteiger charge is -1.95. The molecule has 0 bridgehead atoms. The summed E-state index contributed by atoms with van der Waals surface area (Å²) >= 11 is 0. The summed E-state index contributed by atoms with van der Waals surface area (Å²) in [6.45, 7) is 0. The lowest BCUT2D eigenvalue weighted by molar-refractivity contribution is 0.444. The molecule has 0 fully saturated rings. The molecule has 0 saturated carbocycles. The smallest absolute Gasteiger partial charge is 0.339 e. The zero-order chi connectivity index (χ0) is 12.3. The first-order valence-corrected chi connectivity index (χ1v) is 4.95. The third-order valence-corrected chi connectivity index (χ3v) is 2.11. The van der Waals surface area contributed by atoms with Gasteiger partial charge < -0.3 is 14.6 Å². The van der Waals surface area contributed by atoms with Gasteiger partial charge in [0.05, 0.1) is 6.07 Å². The second kappa shape index (κ2) is 4.57. The molecule has 1 aromatic carbocycles. The quantitative estimate of drug-likeness (QED) is 0.829. The van der Waals surface area contributed by atoms with Gasteiger partial charge >= 0.3 is 5.63 Å². The van der Waals surface area contributed by atoms with E-state index >= 15 is 0 Å². The molecule has 0 aliphatic rings. The number of hydrogen-bond acceptors (Lipinski definition) is 4. The van der Waals surface area contributed by atoms with E-state index in [1.807, 2.05) is 0 Å². The number of aromatic hydroxyl groups is 2. The molecule has 86 valence electrons. The van der Waals surface area contributed by atoms with E-state index in [2.05, 4.69) is 0 Å². The summed E-state index contributed by atoms with van der Waals surface area (Å²) in [5.41, 5.74) is 0.240. The van der Waals surface area contributed by atoms with Crippen LogP contribution in [0, 0.1) is 0 Å². The van der Waals surface area contributed by atoms with Gasteiger partial charge in [-0.05, 0) is 23.8 Å². The molecule has 17 heavy (non-hydrogen) atoms. The van der Waals surface area contributed by atoms with Gasteiger partial charge in [0, 0.05) is 6.07 Å². The summed E-state index contributed by atoms with van der Waals surface area (Å²) in [6, 6.07) is 8.88. The highest BCUT2D eigenvalue weighted by Crippen LogP contribution is 2.14. The van der Waals surface area contributed by atoms with Crippen molar-refractivity contribution < 1.29 is 14.6 Å². The Labute approximate surface area is 97.1 Å². The standard InChI is InChI=1S/C13H10O4/c14-10-4-1-9(2-5-10)3-6-12-7-11(15)8-13(16)17-12/h1-8,14-15H/b6-3-. The second-order valence-corrected chi connectivity index (χ2v) is 3.46. The van der Waals surface area contributed by atoms with E-state index in [9.17, 15) is 9.90 Å². The van der Waals surface area contributed by atoms with Crippen LogP contribution in [0.4, 0.5) is 0 Å². The lowest BCUT2D eigenvalue weighted by atomic mass is 10.2. The van der Waals surface area contributed by atoms with Gasteiger partial charge in [-0.3, -0.25) is 0 Å². The van der Waals surface area contributed by atoms with Crippen LogP contribution in [-0.2, 0) is 0 Å². The third-order valence-electron chi connectivity index (χ3n) is 2.11. The average molecular weight is 230 g/mol. The van der Waals surface area contributed by atoms with Crippen molar-refractivity contribution in [2.24, 2.45) is 0 Å². The minimum atomic E-state index is -0.602. The van der Waals surface area contributed by atoms with Crippen molar-refractivity contribution >= 4 is 12.2 Å². The van der Waals surface area contributed by atoms with E-state index in [1.165, 1.54) is 6.07 Å². The van der Waals surface area contributed by atoms with Gasteiger partial charge in [0.15, 0.2) is 0 Å². The van der Waals surface area contributed by atoms with Gasteiger partial charge in [0.25, 0.3) is 0 Å². The highest BCUT2D eigenvalue weighted by atomic mass is 16.4. The van der Waals surface area contributed by atoms with Crippen molar-refractivity contribution in [2.45, 2.75) is 0 Å². The normalized spacial score (nSPS) is 10.8. The highest BCUT2D eigenvalue weighted by molar-refractivity contribution is 5.67. The minimum absolute atomic E-state index is 0.133. The third kappa shape index (κ3) is 2.98. The van der Waals surface area contributed by atoms with Crippen LogP contribution < -0.4 is 5.63 Å². The molecule has 0 unspecified atom stereocenters. The van der Waals surface area contributed by atoms with Crippen LogP contribution in [-0.4, -0.2) is 10.2 Å². The Morgan fingerprint density at radius 3 is 2.29 bits per heavy atom. The predicted octanol–water partition coefficient (Wildman–Crippen LogP) is 2.22. The SMILES string of the molecule is O=c1cc(O)cc(/C=C\c2ccc(O)cc2)o1. The van der Waals surface area contributed by atoms with Gasteiger partial charge in [-0.15, -0.1) is 0 Å². The molecule has 0 aliphatic carbocycles. The van der Waals surface area contributed by atoms with Crippen LogP contribution in [0.25, 0.3) is 12.2 Å². The Bertz CT molecular complexity index is 594. The van der Waals surface area contributed by atoms with E-state index in [4.69, 9.17) is 9.52 Å². The number of benzene rings is 1. The maximum absolute atomic E-state index is 11.0. The fraction of sp³-hybridized carbons (Fsp3) is 0. The first-order chi connectivity index (χ1) is 8.13. The second-order valence-electron chi connectivity index (χ2n) is 3.46. The molecule has 0 amide bonds. The fourth-order valence-electron chi connectivity index (χ4n) is 1.33. The van der Waals surface area contributed by atoms with Gasteiger partial charge in [0.1, 0.15) is 17.3 Å². The molecule has 2 aromatic rings. The highest BCUT2D eigenvalue weighted by Gasteiger charge is 1.96. The molecule has 0 radical (unpaired) electrons. The molecule has 1 aromatic heterocycles. The molecule has 1 heterocycles. The van der Waals surface area contributed by atoms with E-state index in [0.29, 0.717) is 0 Å². The van der Waals surface area contributed by atoms with Crippen molar-refractivity contribution in [3.8, 4) is 11.5 Å². The summed E-state index contributed by atoms with van der Waals surface area (Å²) in [5.74, 6) is 0.320. The molecule has 0 atom stereocenters. The fourth-order valence-corrected chi connectivity index (χ4v) is 1.33. The number of hydrogen-bond donors (Lipinski definition) is 2. The summed E-state index contributed by atoms with van der Waals surface area (Å²) in [6.07, 6.45) is 3.27. The topological polar surface area (TPSA) is 70.7 Å². The molecule has 0 saturated heterocycles. The van der Waals surface area contributed by atoms with Crippen LogP contribution in [0.5, 0.6) is 11.5 Å². The van der Waals surface area contributed by atoms with Gasteiger partial charge in [0.2, 0.25) is 0 Å². The van der Waals surface area contributed by atoms with Crippen molar-refractivity contribution in [1.29, 1.82) is 0 Å². The van der Waals surface area contributed by atoms with Crippen molar-refractivity contribution in [3.63, 3.8) is 0 Å². The van der Waals surface area contributed by atoms with Crippen molar-refractivity contribution in [2.75, 3.05) is 0 Å². The monoisotopic (exact) mass is 230 g/mol. The average Bonchev–Trinajstić information content (AvgIpc) is 2.27. The Kier molecular flexibility index (Phi) is 2.96. The van der Waals surface area contributed by atoms with Crippen LogP contribution in [0.2, 0.25) is 0 Å². The van der Waals surface area contributed by atoms with Gasteiger partial charge in [-0.1, -0.05) is 18.2 Å². The van der Waals surface area contributed by atoms with Gasteiger partial charge in [-0.25, -0.2) is 4.79 Å². The number of phenolic OH excluding ortho intramolecular Hbond substituents is 1. The zero-order valence-corrected chi connectivity index (χ0v) is 8.83. The summed E-state index contributed by atoms with van der Waals surface area (Å²) in [4.78, 5) is 11.0.